The molecule has 5 heteroatoms. The topological polar surface area (TPSA) is 49.9 Å². The van der Waals surface area contributed by atoms with E-state index in [1.165, 1.54) is 0 Å². The summed E-state index contributed by atoms with van der Waals surface area (Å²) >= 11 is 0. The number of methoxy groups -OCH3 is 1. The number of aryl methyl sites for hydroxylation is 1. The van der Waals surface area contributed by atoms with Crippen LogP contribution in [0.4, 0.5) is 5.69 Å². The summed E-state index contributed by atoms with van der Waals surface area (Å²) in [7, 11) is 1.60. The van der Waals surface area contributed by atoms with Crippen LogP contribution in [-0.4, -0.2) is 36.9 Å². The Kier molecular flexibility index (Phi) is 7.63. The van der Waals surface area contributed by atoms with Crippen molar-refractivity contribution in [2.75, 3.05) is 25.1 Å². The molecular weight excluding hydrogens is 424 g/mol. The SMILES string of the molecule is COc1cccc(C(=O)N2CCCCCCN(C(=O)c3ccc(C)cc3)Cc3ccccc32)c1. The zero-order valence-electron chi connectivity index (χ0n) is 20.0. The van der Waals surface area contributed by atoms with Crippen LogP contribution in [0, 0.1) is 6.92 Å². The van der Waals surface area contributed by atoms with Gasteiger partial charge >= 0.3 is 0 Å². The first-order valence-electron chi connectivity index (χ1n) is 12.0. The van der Waals surface area contributed by atoms with Crippen LogP contribution in [0.2, 0.25) is 0 Å². The Bertz CT molecular complexity index is 1140. The molecule has 2 amide bonds. The predicted octanol–water partition coefficient (Wildman–Crippen LogP) is 5.87. The van der Waals surface area contributed by atoms with Gasteiger partial charge in [-0.3, -0.25) is 9.59 Å². The average molecular weight is 457 g/mol. The third-order valence-electron chi connectivity index (χ3n) is 6.35. The Morgan fingerprint density at radius 1 is 0.765 bits per heavy atom. The molecular formula is C29H32N2O3. The number of benzene rings is 3. The molecule has 0 atom stereocenters. The third kappa shape index (κ3) is 5.48. The van der Waals surface area contributed by atoms with Crippen molar-refractivity contribution in [2.45, 2.75) is 39.2 Å². The maximum absolute atomic E-state index is 13.6. The first kappa shape index (κ1) is 23.6. The summed E-state index contributed by atoms with van der Waals surface area (Å²) in [6, 6.07) is 23.0. The molecule has 1 heterocycles. The molecule has 0 radical (unpaired) electrons. The molecule has 34 heavy (non-hydrogen) atoms. The molecule has 0 fully saturated rings. The van der Waals surface area contributed by atoms with Gasteiger partial charge in [0.05, 0.1) is 7.11 Å². The molecule has 1 aliphatic heterocycles. The van der Waals surface area contributed by atoms with Gasteiger partial charge in [-0.15, -0.1) is 0 Å². The van der Waals surface area contributed by atoms with Crippen molar-refractivity contribution in [3.05, 3.63) is 95.1 Å². The molecule has 0 aliphatic carbocycles. The molecule has 0 spiro atoms. The van der Waals surface area contributed by atoms with E-state index in [2.05, 4.69) is 0 Å². The normalized spacial score (nSPS) is 14.6. The molecule has 5 nitrogen and oxygen atoms in total. The number of hydrogen-bond acceptors (Lipinski definition) is 3. The molecule has 0 aromatic heterocycles. The molecule has 0 unspecified atom stereocenters. The van der Waals surface area contributed by atoms with Crippen LogP contribution < -0.4 is 9.64 Å². The fourth-order valence-corrected chi connectivity index (χ4v) is 4.41. The molecule has 0 N–H and O–H groups in total. The minimum atomic E-state index is -0.0537. The second-order valence-electron chi connectivity index (χ2n) is 8.82. The van der Waals surface area contributed by atoms with Crippen molar-refractivity contribution in [3.63, 3.8) is 0 Å². The average Bonchev–Trinajstić information content (AvgIpc) is 2.91. The van der Waals surface area contributed by atoms with E-state index >= 15 is 0 Å². The monoisotopic (exact) mass is 456 g/mol. The van der Waals surface area contributed by atoms with Gasteiger partial charge in [-0.05, 0) is 61.7 Å². The van der Waals surface area contributed by atoms with Crippen molar-refractivity contribution < 1.29 is 14.3 Å². The Labute approximate surface area is 202 Å². The highest BCUT2D eigenvalue weighted by Gasteiger charge is 2.24. The van der Waals surface area contributed by atoms with E-state index in [1.807, 2.05) is 83.5 Å². The first-order chi connectivity index (χ1) is 16.6. The number of para-hydroxylation sites is 1. The van der Waals surface area contributed by atoms with E-state index in [4.69, 9.17) is 4.74 Å². The molecule has 0 saturated heterocycles. The number of rotatable bonds is 3. The van der Waals surface area contributed by atoms with Gasteiger partial charge in [0.25, 0.3) is 11.8 Å². The summed E-state index contributed by atoms with van der Waals surface area (Å²) in [5.41, 5.74) is 4.25. The van der Waals surface area contributed by atoms with Gasteiger partial charge < -0.3 is 14.5 Å². The second kappa shape index (κ2) is 11.0. The maximum atomic E-state index is 13.6. The van der Waals surface area contributed by atoms with Crippen molar-refractivity contribution in [3.8, 4) is 5.75 Å². The highest BCUT2D eigenvalue weighted by atomic mass is 16.5. The largest absolute Gasteiger partial charge is 0.497 e. The van der Waals surface area contributed by atoms with Crippen molar-refractivity contribution >= 4 is 17.5 Å². The molecule has 3 aromatic rings. The van der Waals surface area contributed by atoms with E-state index in [0.29, 0.717) is 36.5 Å². The Morgan fingerprint density at radius 2 is 1.50 bits per heavy atom. The third-order valence-corrected chi connectivity index (χ3v) is 6.35. The van der Waals surface area contributed by atoms with Gasteiger partial charge in [0.2, 0.25) is 0 Å². The Morgan fingerprint density at radius 3 is 2.26 bits per heavy atom. The minimum absolute atomic E-state index is 0.0275. The molecule has 3 aromatic carbocycles. The fraction of sp³-hybridized carbons (Fsp3) is 0.310. The first-order valence-corrected chi connectivity index (χ1v) is 12.0. The highest BCUT2D eigenvalue weighted by molar-refractivity contribution is 6.06. The lowest BCUT2D eigenvalue weighted by atomic mass is 10.1. The molecule has 176 valence electrons. The quantitative estimate of drug-likeness (QED) is 0.495. The number of carbonyl (C=O) groups excluding carboxylic acids is 2. The maximum Gasteiger partial charge on any atom is 0.258 e. The van der Waals surface area contributed by atoms with E-state index in [0.717, 1.165) is 42.5 Å². The number of amides is 2. The smallest absolute Gasteiger partial charge is 0.258 e. The lowest BCUT2D eigenvalue weighted by Gasteiger charge is -2.28. The lowest BCUT2D eigenvalue weighted by molar-refractivity contribution is 0.0740. The molecule has 4 rings (SSSR count). The Balaban J connectivity index is 1.68. The summed E-state index contributed by atoms with van der Waals surface area (Å²) in [5, 5.41) is 0. The summed E-state index contributed by atoms with van der Waals surface area (Å²) in [6.07, 6.45) is 3.89. The fourth-order valence-electron chi connectivity index (χ4n) is 4.41. The van der Waals surface area contributed by atoms with Gasteiger partial charge in [0, 0.05) is 36.4 Å². The molecule has 0 bridgehead atoms. The summed E-state index contributed by atoms with van der Waals surface area (Å²) in [4.78, 5) is 30.8. The summed E-state index contributed by atoms with van der Waals surface area (Å²) in [6.45, 7) is 3.82. The second-order valence-corrected chi connectivity index (χ2v) is 8.82. The van der Waals surface area contributed by atoms with E-state index in [1.54, 1.807) is 13.2 Å². The number of hydrogen-bond donors (Lipinski definition) is 0. The van der Waals surface area contributed by atoms with Crippen molar-refractivity contribution in [2.24, 2.45) is 0 Å². The zero-order valence-corrected chi connectivity index (χ0v) is 20.0. The van der Waals surface area contributed by atoms with Crippen molar-refractivity contribution in [1.29, 1.82) is 0 Å². The lowest BCUT2D eigenvalue weighted by Crippen LogP contribution is -2.35. The summed E-state index contributed by atoms with van der Waals surface area (Å²) in [5.74, 6) is 0.633. The van der Waals surface area contributed by atoms with Crippen LogP contribution in [0.15, 0.2) is 72.8 Å². The van der Waals surface area contributed by atoms with E-state index in [9.17, 15) is 9.59 Å². The van der Waals surface area contributed by atoms with Gasteiger partial charge in [-0.1, -0.05) is 54.8 Å². The van der Waals surface area contributed by atoms with Gasteiger partial charge in [-0.2, -0.15) is 0 Å². The van der Waals surface area contributed by atoms with E-state index < -0.39 is 0 Å². The van der Waals surface area contributed by atoms with Crippen LogP contribution in [0.3, 0.4) is 0 Å². The highest BCUT2D eigenvalue weighted by Crippen LogP contribution is 2.27. The predicted molar refractivity (Wildman–Crippen MR) is 135 cm³/mol. The van der Waals surface area contributed by atoms with E-state index in [-0.39, 0.29) is 11.8 Å². The van der Waals surface area contributed by atoms with Gasteiger partial charge in [0.15, 0.2) is 0 Å². The van der Waals surface area contributed by atoms with Crippen LogP contribution in [-0.2, 0) is 6.54 Å². The number of ether oxygens (including phenoxy) is 1. The minimum Gasteiger partial charge on any atom is -0.497 e. The number of carbonyl (C=O) groups is 2. The van der Waals surface area contributed by atoms with Crippen LogP contribution in [0.5, 0.6) is 5.75 Å². The van der Waals surface area contributed by atoms with Crippen LogP contribution in [0.1, 0.15) is 57.5 Å². The number of anilines is 1. The van der Waals surface area contributed by atoms with Crippen LogP contribution in [0.25, 0.3) is 0 Å². The van der Waals surface area contributed by atoms with Crippen molar-refractivity contribution in [1.82, 2.24) is 4.90 Å². The number of nitrogens with zero attached hydrogens (tertiary/aromatic N) is 2. The summed E-state index contributed by atoms with van der Waals surface area (Å²) < 4.78 is 5.33. The van der Waals surface area contributed by atoms with Gasteiger partial charge in [-0.25, -0.2) is 0 Å². The Hall–Kier alpha value is -3.60. The van der Waals surface area contributed by atoms with Gasteiger partial charge in [0.1, 0.15) is 5.75 Å². The standard InChI is InChI=1S/C29H32N2O3/c1-22-14-16-23(17-15-22)28(32)30-18-7-3-4-8-19-31(27-13-6-5-10-25(27)21-30)29(33)24-11-9-12-26(20-24)34-2/h5-6,9-17,20H,3-4,7-8,18-19,21H2,1-2H3. The zero-order chi connectivity index (χ0) is 23.9. The number of fused-ring (bicyclic) bond motifs is 1. The van der Waals surface area contributed by atoms with Crippen LogP contribution >= 0.6 is 0 Å². The molecule has 1 aliphatic rings. The molecule has 0 saturated carbocycles.